The van der Waals surface area contributed by atoms with Gasteiger partial charge in [-0.25, -0.2) is 13.6 Å². The lowest BCUT2D eigenvalue weighted by Gasteiger charge is -2.29. The van der Waals surface area contributed by atoms with Crippen LogP contribution in [0.15, 0.2) is 41.6 Å². The van der Waals surface area contributed by atoms with Crippen molar-refractivity contribution < 1.29 is 13.2 Å². The summed E-state index contributed by atoms with van der Waals surface area (Å²) in [6, 6.07) is 6.13. The second-order valence-corrected chi connectivity index (χ2v) is 8.62. The molecule has 0 saturated carbocycles. The van der Waals surface area contributed by atoms with E-state index in [2.05, 4.69) is 10.4 Å². The number of carbonyl (C=O) groups excluding carboxylic acids is 1. The summed E-state index contributed by atoms with van der Waals surface area (Å²) >= 11 is 0. The molecule has 27 heavy (non-hydrogen) atoms. The van der Waals surface area contributed by atoms with Gasteiger partial charge in [-0.2, -0.15) is 5.10 Å². The molecule has 8 nitrogen and oxygen atoms in total. The van der Waals surface area contributed by atoms with E-state index >= 15 is 0 Å². The smallest absolute Gasteiger partial charge is 0.238 e. The maximum absolute atomic E-state index is 13.1. The lowest BCUT2D eigenvalue weighted by molar-refractivity contribution is -0.136. The van der Waals surface area contributed by atoms with Gasteiger partial charge in [0.05, 0.1) is 23.1 Å². The van der Waals surface area contributed by atoms with Crippen LogP contribution in [-0.4, -0.2) is 49.1 Å². The van der Waals surface area contributed by atoms with E-state index in [1.54, 1.807) is 28.8 Å². The molecule has 1 fully saturated rings. The summed E-state index contributed by atoms with van der Waals surface area (Å²) in [5.74, 6) is -0.0205. The van der Waals surface area contributed by atoms with Crippen LogP contribution in [0.4, 0.5) is 0 Å². The molecule has 1 aliphatic heterocycles. The van der Waals surface area contributed by atoms with E-state index in [1.165, 1.54) is 12.1 Å². The maximum Gasteiger partial charge on any atom is 0.238 e. The number of hydrogen-bond acceptors (Lipinski definition) is 5. The highest BCUT2D eigenvalue weighted by molar-refractivity contribution is 7.89. The molecule has 9 heteroatoms. The number of aromatic nitrogens is 2. The van der Waals surface area contributed by atoms with Gasteiger partial charge in [-0.1, -0.05) is 12.1 Å². The van der Waals surface area contributed by atoms with Crippen LogP contribution in [-0.2, 0) is 21.9 Å². The average Bonchev–Trinajstić information content (AvgIpc) is 3.27. The second kappa shape index (κ2) is 7.41. The van der Waals surface area contributed by atoms with E-state index in [-0.39, 0.29) is 28.7 Å². The number of carbonyl (C=O) groups is 1. The third-order valence-corrected chi connectivity index (χ3v) is 6.23. The van der Waals surface area contributed by atoms with Gasteiger partial charge in [-0.15, -0.1) is 0 Å². The van der Waals surface area contributed by atoms with Crippen molar-refractivity contribution in [3.63, 3.8) is 0 Å². The van der Waals surface area contributed by atoms with Gasteiger partial charge in [-0.05, 0) is 30.2 Å². The molecule has 1 aliphatic rings. The number of rotatable bonds is 5. The van der Waals surface area contributed by atoms with Crippen LogP contribution in [0.2, 0.25) is 0 Å². The van der Waals surface area contributed by atoms with Crippen molar-refractivity contribution in [3.8, 4) is 0 Å². The van der Waals surface area contributed by atoms with E-state index in [4.69, 9.17) is 5.14 Å². The Morgan fingerprint density at radius 2 is 2.00 bits per heavy atom. The van der Waals surface area contributed by atoms with Crippen molar-refractivity contribution >= 4 is 15.9 Å². The molecular formula is C18H25N5O3S. The average molecular weight is 391 g/mol. The quantitative estimate of drug-likeness (QED) is 0.775. The third kappa shape index (κ3) is 4.05. The van der Waals surface area contributed by atoms with Crippen molar-refractivity contribution in [2.24, 2.45) is 18.1 Å². The first kappa shape index (κ1) is 19.5. The summed E-state index contributed by atoms with van der Waals surface area (Å²) < 4.78 is 24.5. The zero-order valence-corrected chi connectivity index (χ0v) is 16.5. The number of benzene rings is 1. The van der Waals surface area contributed by atoms with Gasteiger partial charge in [-0.3, -0.25) is 9.48 Å². The minimum Gasteiger partial charge on any atom is -0.339 e. The van der Waals surface area contributed by atoms with Crippen LogP contribution in [0.3, 0.4) is 0 Å². The largest absolute Gasteiger partial charge is 0.339 e. The molecule has 3 atom stereocenters. The highest BCUT2D eigenvalue weighted by atomic mass is 32.2. The van der Waals surface area contributed by atoms with Gasteiger partial charge >= 0.3 is 0 Å². The summed E-state index contributed by atoms with van der Waals surface area (Å²) in [5.41, 5.74) is 1.90. The highest BCUT2D eigenvalue weighted by Gasteiger charge is 2.37. The highest BCUT2D eigenvalue weighted by Crippen LogP contribution is 2.31. The molecular weight excluding hydrogens is 366 g/mol. The molecule has 146 valence electrons. The third-order valence-electron chi connectivity index (χ3n) is 5.30. The van der Waals surface area contributed by atoms with E-state index in [0.717, 1.165) is 17.7 Å². The SMILES string of the molecule is CC(c1ccc(S(N)(=O)=O)cc1)N(C)C(=O)[C@H]1CNC[C@@H]1c1cnn(C)c1. The molecule has 1 aromatic carbocycles. The minimum absolute atomic E-state index is 0.0527. The van der Waals surface area contributed by atoms with Gasteiger partial charge in [0.2, 0.25) is 15.9 Å². The zero-order valence-electron chi connectivity index (χ0n) is 15.7. The summed E-state index contributed by atoms with van der Waals surface area (Å²) in [6.45, 7) is 3.29. The topological polar surface area (TPSA) is 110 Å². The van der Waals surface area contributed by atoms with Crippen LogP contribution < -0.4 is 10.5 Å². The fourth-order valence-electron chi connectivity index (χ4n) is 3.53. The molecule has 1 aromatic heterocycles. The number of primary sulfonamides is 1. The molecule has 3 rings (SSSR count). The standard InChI is InChI=1S/C18H25N5O3S/c1-12(13-4-6-15(7-5-13)27(19,25)26)23(3)18(24)17-10-20-9-16(17)14-8-21-22(2)11-14/h4-8,11-12,16-17,20H,9-10H2,1-3H3,(H2,19,25,26)/t12?,16-,17+/m1/s1. The molecule has 1 saturated heterocycles. The number of nitrogens with zero attached hydrogens (tertiary/aromatic N) is 3. The van der Waals surface area contributed by atoms with Gasteiger partial charge in [0.1, 0.15) is 0 Å². The molecule has 2 aromatic rings. The Balaban J connectivity index is 1.76. The Morgan fingerprint density at radius 1 is 1.33 bits per heavy atom. The number of nitrogens with two attached hydrogens (primary N) is 1. The summed E-state index contributed by atoms with van der Waals surface area (Å²) in [5, 5.41) is 12.7. The van der Waals surface area contributed by atoms with Crippen LogP contribution in [0.1, 0.15) is 30.0 Å². The minimum atomic E-state index is -3.73. The van der Waals surface area contributed by atoms with E-state index in [9.17, 15) is 13.2 Å². The predicted molar refractivity (Wildman–Crippen MR) is 101 cm³/mol. The van der Waals surface area contributed by atoms with E-state index in [1.807, 2.05) is 26.4 Å². The number of hydrogen-bond donors (Lipinski definition) is 2. The first-order valence-electron chi connectivity index (χ1n) is 8.77. The van der Waals surface area contributed by atoms with Crippen LogP contribution in [0, 0.1) is 5.92 Å². The molecule has 3 N–H and O–H groups in total. The molecule has 0 bridgehead atoms. The lowest BCUT2D eigenvalue weighted by atomic mass is 9.89. The number of aryl methyl sites for hydroxylation is 1. The maximum atomic E-state index is 13.1. The van der Waals surface area contributed by atoms with Gasteiger partial charge < -0.3 is 10.2 Å². The van der Waals surface area contributed by atoms with Crippen LogP contribution in [0.5, 0.6) is 0 Å². The summed E-state index contributed by atoms with van der Waals surface area (Å²) in [6.07, 6.45) is 3.76. The Labute approximate surface area is 159 Å². The van der Waals surface area contributed by atoms with Gasteiger partial charge in [0.25, 0.3) is 0 Å². The zero-order chi connectivity index (χ0) is 19.8. The first-order chi connectivity index (χ1) is 12.7. The molecule has 2 heterocycles. The van der Waals surface area contributed by atoms with Crippen LogP contribution >= 0.6 is 0 Å². The lowest BCUT2D eigenvalue weighted by Crippen LogP contribution is -2.37. The number of nitrogens with one attached hydrogen (secondary N) is 1. The van der Waals surface area contributed by atoms with Gasteiger partial charge in [0.15, 0.2) is 0 Å². The second-order valence-electron chi connectivity index (χ2n) is 7.06. The monoisotopic (exact) mass is 391 g/mol. The summed E-state index contributed by atoms with van der Waals surface area (Å²) in [7, 11) is -0.0874. The molecule has 0 spiro atoms. The van der Waals surface area contributed by atoms with Crippen molar-refractivity contribution in [2.75, 3.05) is 20.1 Å². The number of amides is 1. The van der Waals surface area contributed by atoms with Gasteiger partial charge in [0, 0.05) is 39.3 Å². The first-order valence-corrected chi connectivity index (χ1v) is 10.3. The molecule has 1 unspecified atom stereocenters. The Hall–Kier alpha value is -2.23. The Morgan fingerprint density at radius 3 is 2.56 bits per heavy atom. The normalized spacial score (nSPS) is 21.2. The fourth-order valence-corrected chi connectivity index (χ4v) is 4.05. The van der Waals surface area contributed by atoms with E-state index in [0.29, 0.717) is 6.54 Å². The Kier molecular flexibility index (Phi) is 5.36. The van der Waals surface area contributed by atoms with Crippen molar-refractivity contribution in [1.82, 2.24) is 20.0 Å². The predicted octanol–water partition coefficient (Wildman–Crippen LogP) is 0.590. The molecule has 0 aliphatic carbocycles. The van der Waals surface area contributed by atoms with Crippen molar-refractivity contribution in [2.45, 2.75) is 23.8 Å². The summed E-state index contributed by atoms with van der Waals surface area (Å²) in [4.78, 5) is 14.9. The number of sulfonamides is 1. The van der Waals surface area contributed by atoms with Crippen molar-refractivity contribution in [1.29, 1.82) is 0 Å². The molecule has 0 radical (unpaired) electrons. The van der Waals surface area contributed by atoms with Crippen molar-refractivity contribution in [3.05, 3.63) is 47.8 Å². The van der Waals surface area contributed by atoms with E-state index < -0.39 is 10.0 Å². The molecule has 1 amide bonds. The van der Waals surface area contributed by atoms with Crippen LogP contribution in [0.25, 0.3) is 0 Å². The Bertz CT molecular complexity index is 923. The fraction of sp³-hybridized carbons (Fsp3) is 0.444.